The van der Waals surface area contributed by atoms with Crippen molar-refractivity contribution in [2.45, 2.75) is 6.42 Å². The van der Waals surface area contributed by atoms with Crippen molar-refractivity contribution in [3.05, 3.63) is 34.2 Å². The van der Waals surface area contributed by atoms with Gasteiger partial charge in [0.05, 0.1) is 0 Å². The molecule has 0 bridgehead atoms. The summed E-state index contributed by atoms with van der Waals surface area (Å²) in [5.74, 6) is -0.539. The lowest BCUT2D eigenvalue weighted by molar-refractivity contribution is -0.120. The second kappa shape index (κ2) is 5.83. The molecule has 0 fully saturated rings. The molecule has 0 saturated carbocycles. The Morgan fingerprint density at radius 3 is 2.76 bits per heavy atom. The van der Waals surface area contributed by atoms with Crippen molar-refractivity contribution in [3.63, 3.8) is 0 Å². The molecule has 0 unspecified atom stereocenters. The fourth-order valence-corrected chi connectivity index (χ4v) is 1.28. The van der Waals surface area contributed by atoms with Gasteiger partial charge in [-0.2, -0.15) is 0 Å². The monoisotopic (exact) mass is 237 g/mol. The van der Waals surface area contributed by atoms with Gasteiger partial charge in [-0.05, 0) is 0 Å². The van der Waals surface area contributed by atoms with Gasteiger partial charge >= 0.3 is 0 Å². The van der Waals surface area contributed by atoms with Crippen LogP contribution in [0.15, 0.2) is 23.3 Å². The standard InChI is InChI=1S/C11H15N3O3/c1-12-10(16)4-6-14(2)11(17)8-7-13-5-3-9(8)15/h3,5,7H,4,6H2,1-2H3,(H,12,16)(H,13,15). The zero-order valence-corrected chi connectivity index (χ0v) is 9.82. The van der Waals surface area contributed by atoms with E-state index in [2.05, 4.69) is 10.3 Å². The molecule has 0 atom stereocenters. The number of hydrogen-bond acceptors (Lipinski definition) is 3. The van der Waals surface area contributed by atoms with Crippen molar-refractivity contribution in [2.24, 2.45) is 0 Å². The predicted octanol–water partition coefficient (Wildman–Crippen LogP) is -0.417. The minimum Gasteiger partial charge on any atom is -0.367 e. The molecule has 0 radical (unpaired) electrons. The molecule has 1 rings (SSSR count). The van der Waals surface area contributed by atoms with Gasteiger partial charge in [-0.3, -0.25) is 14.4 Å². The van der Waals surface area contributed by atoms with Crippen LogP contribution in [0.4, 0.5) is 0 Å². The van der Waals surface area contributed by atoms with E-state index in [0.29, 0.717) is 0 Å². The third kappa shape index (κ3) is 3.44. The number of hydrogen-bond donors (Lipinski definition) is 2. The number of nitrogens with zero attached hydrogens (tertiary/aromatic N) is 1. The molecule has 0 aromatic carbocycles. The molecule has 0 aliphatic carbocycles. The molecule has 6 nitrogen and oxygen atoms in total. The van der Waals surface area contributed by atoms with Crippen LogP contribution in [0.25, 0.3) is 0 Å². The molecule has 6 heteroatoms. The summed E-state index contributed by atoms with van der Waals surface area (Å²) in [7, 11) is 3.09. The summed E-state index contributed by atoms with van der Waals surface area (Å²) < 4.78 is 0. The van der Waals surface area contributed by atoms with Crippen molar-refractivity contribution in [1.29, 1.82) is 0 Å². The highest BCUT2D eigenvalue weighted by Crippen LogP contribution is 1.97. The molecule has 0 aliphatic rings. The summed E-state index contributed by atoms with van der Waals surface area (Å²) in [6.45, 7) is 0.271. The molecule has 2 amide bonds. The average Bonchev–Trinajstić information content (AvgIpc) is 2.35. The smallest absolute Gasteiger partial charge is 0.259 e. The predicted molar refractivity (Wildman–Crippen MR) is 62.7 cm³/mol. The summed E-state index contributed by atoms with van der Waals surface area (Å²) >= 11 is 0. The Kier molecular flexibility index (Phi) is 4.45. The first-order valence-electron chi connectivity index (χ1n) is 5.19. The van der Waals surface area contributed by atoms with Gasteiger partial charge in [0.1, 0.15) is 5.56 Å². The number of aromatic amines is 1. The Morgan fingerprint density at radius 2 is 2.18 bits per heavy atom. The number of aromatic nitrogens is 1. The topological polar surface area (TPSA) is 82.3 Å². The molecule has 0 spiro atoms. The fourth-order valence-electron chi connectivity index (χ4n) is 1.28. The summed E-state index contributed by atoms with van der Waals surface area (Å²) in [5.41, 5.74) is -0.257. The molecular formula is C11H15N3O3. The van der Waals surface area contributed by atoms with Gasteiger partial charge in [-0.1, -0.05) is 0 Å². The van der Waals surface area contributed by atoms with Crippen molar-refractivity contribution in [1.82, 2.24) is 15.2 Å². The Morgan fingerprint density at radius 1 is 1.47 bits per heavy atom. The average molecular weight is 237 g/mol. The third-order valence-corrected chi connectivity index (χ3v) is 2.35. The first-order valence-corrected chi connectivity index (χ1v) is 5.19. The molecule has 92 valence electrons. The molecule has 0 aliphatic heterocycles. The number of carbonyl (C=O) groups excluding carboxylic acids is 2. The minimum absolute atomic E-state index is 0.0758. The number of nitrogens with one attached hydrogen (secondary N) is 2. The van der Waals surface area contributed by atoms with E-state index in [0.717, 1.165) is 0 Å². The number of carbonyl (C=O) groups is 2. The van der Waals surface area contributed by atoms with Crippen LogP contribution in [0.1, 0.15) is 16.8 Å². The van der Waals surface area contributed by atoms with Crippen LogP contribution >= 0.6 is 0 Å². The summed E-state index contributed by atoms with van der Waals surface area (Å²) in [6.07, 6.45) is 3.04. The van der Waals surface area contributed by atoms with Gasteiger partial charge in [0.2, 0.25) is 5.91 Å². The largest absolute Gasteiger partial charge is 0.367 e. The highest BCUT2D eigenvalue weighted by molar-refractivity contribution is 5.93. The molecule has 2 N–H and O–H groups in total. The first-order chi connectivity index (χ1) is 8.06. The zero-order valence-electron chi connectivity index (χ0n) is 9.82. The maximum absolute atomic E-state index is 11.8. The van der Waals surface area contributed by atoms with Gasteiger partial charge < -0.3 is 15.2 Å². The van der Waals surface area contributed by atoms with Gasteiger partial charge in [-0.15, -0.1) is 0 Å². The second-order valence-corrected chi connectivity index (χ2v) is 3.57. The Labute approximate surface area is 98.6 Å². The van der Waals surface area contributed by atoms with E-state index in [9.17, 15) is 14.4 Å². The number of amides is 2. The lowest BCUT2D eigenvalue weighted by Crippen LogP contribution is -2.33. The van der Waals surface area contributed by atoms with Gasteiger partial charge in [0.15, 0.2) is 5.43 Å². The fraction of sp³-hybridized carbons (Fsp3) is 0.364. The number of H-pyrrole nitrogens is 1. The molecule has 1 heterocycles. The third-order valence-electron chi connectivity index (χ3n) is 2.35. The zero-order chi connectivity index (χ0) is 12.8. The van der Waals surface area contributed by atoms with Crippen LogP contribution in [0.3, 0.4) is 0 Å². The molecular weight excluding hydrogens is 222 g/mol. The molecule has 17 heavy (non-hydrogen) atoms. The van der Waals surface area contributed by atoms with Crippen molar-refractivity contribution < 1.29 is 9.59 Å². The van der Waals surface area contributed by atoms with Crippen LogP contribution in [-0.4, -0.2) is 42.3 Å². The van der Waals surface area contributed by atoms with Crippen LogP contribution in [0.5, 0.6) is 0 Å². The highest BCUT2D eigenvalue weighted by atomic mass is 16.2. The molecule has 1 aromatic rings. The van der Waals surface area contributed by atoms with Crippen molar-refractivity contribution >= 4 is 11.8 Å². The van der Waals surface area contributed by atoms with E-state index in [-0.39, 0.29) is 29.9 Å². The van der Waals surface area contributed by atoms with E-state index >= 15 is 0 Å². The second-order valence-electron chi connectivity index (χ2n) is 3.57. The van der Waals surface area contributed by atoms with E-state index in [4.69, 9.17) is 0 Å². The van der Waals surface area contributed by atoms with Crippen LogP contribution in [-0.2, 0) is 4.79 Å². The quantitative estimate of drug-likeness (QED) is 0.746. The van der Waals surface area contributed by atoms with Crippen LogP contribution in [0, 0.1) is 0 Å². The lowest BCUT2D eigenvalue weighted by Gasteiger charge is -2.15. The maximum Gasteiger partial charge on any atom is 0.259 e. The Hall–Kier alpha value is -2.11. The van der Waals surface area contributed by atoms with Gasteiger partial charge in [0, 0.05) is 45.5 Å². The van der Waals surface area contributed by atoms with Crippen LogP contribution < -0.4 is 10.7 Å². The Balaban J connectivity index is 2.68. The normalized spacial score (nSPS) is 9.76. The van der Waals surface area contributed by atoms with E-state index < -0.39 is 5.91 Å². The Bertz CT molecular complexity index is 467. The van der Waals surface area contributed by atoms with Crippen molar-refractivity contribution in [2.75, 3.05) is 20.6 Å². The minimum atomic E-state index is -0.393. The number of pyridine rings is 1. The van der Waals surface area contributed by atoms with E-state index in [1.165, 1.54) is 30.4 Å². The first kappa shape index (κ1) is 13.0. The maximum atomic E-state index is 11.8. The summed E-state index contributed by atoms with van der Waals surface area (Å²) in [4.78, 5) is 38.3. The van der Waals surface area contributed by atoms with Gasteiger partial charge in [-0.25, -0.2) is 0 Å². The van der Waals surface area contributed by atoms with Crippen LogP contribution in [0.2, 0.25) is 0 Å². The summed E-state index contributed by atoms with van der Waals surface area (Å²) in [5, 5.41) is 2.47. The van der Waals surface area contributed by atoms with Crippen molar-refractivity contribution in [3.8, 4) is 0 Å². The number of rotatable bonds is 4. The van der Waals surface area contributed by atoms with Gasteiger partial charge in [0.25, 0.3) is 5.91 Å². The van der Waals surface area contributed by atoms with E-state index in [1.807, 2.05) is 0 Å². The molecule has 0 saturated heterocycles. The lowest BCUT2D eigenvalue weighted by atomic mass is 10.2. The SMILES string of the molecule is CNC(=O)CCN(C)C(=O)c1c[nH]ccc1=O. The van der Waals surface area contributed by atoms with E-state index in [1.54, 1.807) is 7.05 Å². The molecule has 1 aromatic heterocycles. The highest BCUT2D eigenvalue weighted by Gasteiger charge is 2.15. The summed E-state index contributed by atoms with van der Waals surface area (Å²) in [6, 6.07) is 1.29.